The Morgan fingerprint density at radius 1 is 0.459 bits per heavy atom. The molecule has 2 heterocycles. The molecule has 0 N–H and O–H groups in total. The Hall–Kier alpha value is -0.0800. The number of unbranched alkanes of at least 4 members (excludes halogenated alkanes) is 13. The van der Waals surface area contributed by atoms with E-state index >= 15 is 0 Å². The first-order valence-electron chi connectivity index (χ1n) is 17.7. The van der Waals surface area contributed by atoms with E-state index < -0.39 is 0 Å². The Morgan fingerprint density at radius 2 is 0.811 bits per heavy atom. The number of hydrogen-bond acceptors (Lipinski definition) is 2. The van der Waals surface area contributed by atoms with Crippen molar-refractivity contribution in [3.63, 3.8) is 0 Å². The maximum atomic E-state index is 3.03. The van der Waals surface area contributed by atoms with Gasteiger partial charge in [0.1, 0.15) is 0 Å². The van der Waals surface area contributed by atoms with Gasteiger partial charge in [0.15, 0.2) is 0 Å². The van der Waals surface area contributed by atoms with Crippen LogP contribution < -0.4 is 0 Å². The fourth-order valence-electron chi connectivity index (χ4n) is 7.46. The summed E-state index contributed by atoms with van der Waals surface area (Å²) in [6.07, 6.45) is 33.3. The van der Waals surface area contributed by atoms with Crippen molar-refractivity contribution in [3.05, 3.63) is 0 Å². The predicted octanol–water partition coefficient (Wildman–Crippen LogP) is 10.6. The lowest BCUT2D eigenvalue weighted by atomic mass is 9.92. The summed E-state index contributed by atoms with van der Waals surface area (Å²) in [6.45, 7) is 14.9. The third-order valence-corrected chi connectivity index (χ3v) is 9.81. The lowest BCUT2D eigenvalue weighted by molar-refractivity contribution is 0.0415. The van der Waals surface area contributed by atoms with Gasteiger partial charge in [0.05, 0.1) is 0 Å². The van der Waals surface area contributed by atoms with Gasteiger partial charge < -0.3 is 0 Å². The summed E-state index contributed by atoms with van der Waals surface area (Å²) < 4.78 is 0. The molecule has 0 aromatic rings. The fraction of sp³-hybridized carbons (Fsp3) is 1.00. The molecule has 220 valence electrons. The molecule has 3 atom stereocenters. The summed E-state index contributed by atoms with van der Waals surface area (Å²) in [5.41, 5.74) is 0. The van der Waals surface area contributed by atoms with Gasteiger partial charge in [0, 0.05) is 38.3 Å². The number of piperazine rings is 1. The van der Waals surface area contributed by atoms with Gasteiger partial charge in [0.25, 0.3) is 0 Å². The third kappa shape index (κ3) is 14.2. The van der Waals surface area contributed by atoms with Crippen LogP contribution in [0.5, 0.6) is 0 Å². The number of likely N-dealkylation sites (tertiary alicyclic amines) is 1. The van der Waals surface area contributed by atoms with Crippen molar-refractivity contribution < 1.29 is 0 Å². The van der Waals surface area contributed by atoms with Crippen molar-refractivity contribution in [2.45, 2.75) is 187 Å². The van der Waals surface area contributed by atoms with E-state index in [1.54, 1.807) is 0 Å². The van der Waals surface area contributed by atoms with E-state index in [2.05, 4.69) is 37.5 Å². The van der Waals surface area contributed by atoms with Crippen LogP contribution in [0.15, 0.2) is 0 Å². The van der Waals surface area contributed by atoms with Crippen LogP contribution in [0, 0.1) is 11.8 Å². The maximum Gasteiger partial charge on any atom is 0.0227 e. The molecule has 0 aromatic heterocycles. The first-order chi connectivity index (χ1) is 18.2. The minimum absolute atomic E-state index is 0.859. The second-order valence-electron chi connectivity index (χ2n) is 13.3. The van der Waals surface area contributed by atoms with Crippen LogP contribution in [0.3, 0.4) is 0 Å². The van der Waals surface area contributed by atoms with Gasteiger partial charge in [-0.15, -0.1) is 0 Å². The third-order valence-electron chi connectivity index (χ3n) is 9.81. The standard InChI is InChI=1S/C35H70N2/c1-5-9-13-17-21-23-32(22-18-14-10-6-2)28-36-30-34-26-27-35(31-36)37(34)29-33(24-19-15-11-7-3)25-20-16-12-8-4/h32-35H,5-31H2,1-4H3/t32?,34-,35+. The van der Waals surface area contributed by atoms with E-state index in [1.165, 1.54) is 174 Å². The molecule has 2 heteroatoms. The number of rotatable bonds is 25. The van der Waals surface area contributed by atoms with Crippen molar-refractivity contribution >= 4 is 0 Å². The molecule has 2 rings (SSSR count). The second-order valence-corrected chi connectivity index (χ2v) is 13.3. The Balaban J connectivity index is 1.84. The molecule has 2 aliphatic heterocycles. The van der Waals surface area contributed by atoms with E-state index in [-0.39, 0.29) is 0 Å². The Labute approximate surface area is 235 Å². The highest BCUT2D eigenvalue weighted by molar-refractivity contribution is 4.97. The molecule has 37 heavy (non-hydrogen) atoms. The van der Waals surface area contributed by atoms with Crippen LogP contribution in [0.25, 0.3) is 0 Å². The van der Waals surface area contributed by atoms with Crippen molar-refractivity contribution in [2.24, 2.45) is 11.8 Å². The van der Waals surface area contributed by atoms with Crippen molar-refractivity contribution in [2.75, 3.05) is 26.2 Å². The van der Waals surface area contributed by atoms with Gasteiger partial charge in [-0.3, -0.25) is 9.80 Å². The minimum Gasteiger partial charge on any atom is -0.300 e. The summed E-state index contributed by atoms with van der Waals surface area (Å²) in [7, 11) is 0. The zero-order valence-electron chi connectivity index (χ0n) is 26.3. The summed E-state index contributed by atoms with van der Waals surface area (Å²) >= 11 is 0. The quantitative estimate of drug-likeness (QED) is 0.111. The molecule has 2 bridgehead atoms. The number of hydrogen-bond donors (Lipinski definition) is 0. The zero-order valence-corrected chi connectivity index (χ0v) is 26.3. The lowest BCUT2D eigenvalue weighted by Gasteiger charge is -2.43. The van der Waals surface area contributed by atoms with Crippen molar-refractivity contribution in [3.8, 4) is 0 Å². The highest BCUT2D eigenvalue weighted by Gasteiger charge is 2.40. The van der Waals surface area contributed by atoms with Gasteiger partial charge in [0.2, 0.25) is 0 Å². The van der Waals surface area contributed by atoms with Crippen LogP contribution in [-0.4, -0.2) is 48.1 Å². The van der Waals surface area contributed by atoms with Gasteiger partial charge in [-0.1, -0.05) is 137 Å². The van der Waals surface area contributed by atoms with E-state index in [1.807, 2.05) is 0 Å². The maximum absolute atomic E-state index is 3.03. The normalized spacial score (nSPS) is 21.3. The molecule has 2 saturated heterocycles. The van der Waals surface area contributed by atoms with Gasteiger partial charge in [-0.25, -0.2) is 0 Å². The Morgan fingerprint density at radius 3 is 1.22 bits per heavy atom. The fourth-order valence-corrected chi connectivity index (χ4v) is 7.46. The number of nitrogens with zero attached hydrogens (tertiary/aromatic N) is 2. The largest absolute Gasteiger partial charge is 0.300 e. The summed E-state index contributed by atoms with van der Waals surface area (Å²) in [6, 6.07) is 1.72. The SMILES string of the molecule is CCCCCCCC(CCCCCC)CN1C[C@H]2CC[C@@H](C1)N2CC(CCCCCC)CCCCCC. The molecular weight excluding hydrogens is 448 g/mol. The Bertz CT molecular complexity index is 479. The second kappa shape index (κ2) is 21.7. The first kappa shape index (κ1) is 33.1. The molecule has 2 fully saturated rings. The molecule has 0 aromatic carbocycles. The molecule has 2 aliphatic rings. The highest BCUT2D eigenvalue weighted by Crippen LogP contribution is 2.34. The molecular formula is C35H70N2. The average molecular weight is 519 g/mol. The van der Waals surface area contributed by atoms with Crippen LogP contribution in [0.2, 0.25) is 0 Å². The topological polar surface area (TPSA) is 6.48 Å². The van der Waals surface area contributed by atoms with Crippen molar-refractivity contribution in [1.29, 1.82) is 0 Å². The van der Waals surface area contributed by atoms with Gasteiger partial charge in [-0.2, -0.15) is 0 Å². The molecule has 0 saturated carbocycles. The smallest absolute Gasteiger partial charge is 0.0227 e. The van der Waals surface area contributed by atoms with Gasteiger partial charge >= 0.3 is 0 Å². The average Bonchev–Trinajstić information content (AvgIpc) is 3.13. The van der Waals surface area contributed by atoms with E-state index in [0.717, 1.165) is 23.9 Å². The molecule has 1 unspecified atom stereocenters. The molecule has 0 amide bonds. The van der Waals surface area contributed by atoms with Crippen LogP contribution >= 0.6 is 0 Å². The summed E-state index contributed by atoms with van der Waals surface area (Å²) in [4.78, 5) is 5.97. The lowest BCUT2D eigenvalue weighted by Crippen LogP contribution is -2.55. The summed E-state index contributed by atoms with van der Waals surface area (Å²) in [5, 5.41) is 0. The van der Waals surface area contributed by atoms with E-state index in [4.69, 9.17) is 0 Å². The van der Waals surface area contributed by atoms with E-state index in [9.17, 15) is 0 Å². The molecule has 0 spiro atoms. The first-order valence-corrected chi connectivity index (χ1v) is 17.7. The minimum atomic E-state index is 0.859. The summed E-state index contributed by atoms with van der Waals surface area (Å²) in [5.74, 6) is 1.91. The van der Waals surface area contributed by atoms with Crippen LogP contribution in [0.4, 0.5) is 0 Å². The van der Waals surface area contributed by atoms with Gasteiger partial charge in [-0.05, 0) is 50.4 Å². The molecule has 0 aliphatic carbocycles. The van der Waals surface area contributed by atoms with E-state index in [0.29, 0.717) is 0 Å². The highest BCUT2D eigenvalue weighted by atomic mass is 15.3. The molecule has 2 nitrogen and oxygen atoms in total. The number of fused-ring (bicyclic) bond motifs is 2. The van der Waals surface area contributed by atoms with Crippen molar-refractivity contribution in [1.82, 2.24) is 9.80 Å². The monoisotopic (exact) mass is 519 g/mol. The predicted molar refractivity (Wildman–Crippen MR) is 167 cm³/mol. The Kier molecular flexibility index (Phi) is 19.4. The van der Waals surface area contributed by atoms with Crippen LogP contribution in [0.1, 0.15) is 175 Å². The molecule has 0 radical (unpaired) electrons. The van der Waals surface area contributed by atoms with Crippen LogP contribution in [-0.2, 0) is 0 Å². The zero-order chi connectivity index (χ0) is 26.6.